The zero-order valence-corrected chi connectivity index (χ0v) is 14.4. The van der Waals surface area contributed by atoms with Gasteiger partial charge in [-0.15, -0.1) is 0 Å². The average molecular weight is 338 g/mol. The van der Waals surface area contributed by atoms with E-state index in [-0.39, 0.29) is 19.3 Å². The van der Waals surface area contributed by atoms with Gasteiger partial charge in [0.1, 0.15) is 4.90 Å². The van der Waals surface area contributed by atoms with Crippen molar-refractivity contribution in [3.05, 3.63) is 30.0 Å². The molecule has 1 N–H and O–H groups in total. The van der Waals surface area contributed by atoms with Crippen LogP contribution in [0.3, 0.4) is 0 Å². The van der Waals surface area contributed by atoms with Crippen LogP contribution in [-0.4, -0.2) is 54.8 Å². The quantitative estimate of drug-likeness (QED) is 0.911. The van der Waals surface area contributed by atoms with Crippen molar-refractivity contribution in [1.82, 2.24) is 8.87 Å². The van der Waals surface area contributed by atoms with Crippen LogP contribution in [0.4, 0.5) is 0 Å². The minimum absolute atomic E-state index is 0.183. The molecule has 0 aliphatic carbocycles. The predicted octanol–water partition coefficient (Wildman–Crippen LogP) is 1.26. The van der Waals surface area contributed by atoms with Gasteiger partial charge in [0.2, 0.25) is 10.0 Å². The molecule has 2 heterocycles. The number of ether oxygens (including phenoxy) is 1. The van der Waals surface area contributed by atoms with Crippen LogP contribution in [-0.2, 0) is 21.8 Å². The summed E-state index contributed by atoms with van der Waals surface area (Å²) < 4.78 is 35.1. The maximum absolute atomic E-state index is 13.3. The Bertz CT molecular complexity index is 828. The number of sulfonamides is 1. The summed E-state index contributed by atoms with van der Waals surface area (Å²) in [5, 5.41) is 10.3. The summed E-state index contributed by atoms with van der Waals surface area (Å²) in [5.41, 5.74) is 1.58. The van der Waals surface area contributed by atoms with Crippen LogP contribution >= 0.6 is 0 Å². The largest absolute Gasteiger partial charge is 0.395 e. The normalized spacial score (nSPS) is 23.0. The van der Waals surface area contributed by atoms with Crippen LogP contribution in [0.2, 0.25) is 0 Å². The molecule has 126 valence electrons. The lowest BCUT2D eigenvalue weighted by atomic mass is 10.2. The smallest absolute Gasteiger partial charge is 0.245 e. The first-order valence-corrected chi connectivity index (χ1v) is 9.05. The topological polar surface area (TPSA) is 71.8 Å². The molecule has 0 saturated carbocycles. The van der Waals surface area contributed by atoms with Gasteiger partial charge >= 0.3 is 0 Å². The molecule has 7 heteroatoms. The zero-order valence-electron chi connectivity index (χ0n) is 13.6. The van der Waals surface area contributed by atoms with E-state index in [1.807, 2.05) is 42.8 Å². The zero-order chi connectivity index (χ0) is 16.8. The Kier molecular flexibility index (Phi) is 4.22. The summed E-state index contributed by atoms with van der Waals surface area (Å²) in [6.07, 6.45) is 0.327. The molecule has 2 atom stereocenters. The van der Waals surface area contributed by atoms with Crippen molar-refractivity contribution in [2.75, 3.05) is 20.3 Å². The number of fused-ring (bicyclic) bond motifs is 1. The molecule has 1 fully saturated rings. The van der Waals surface area contributed by atoms with Crippen molar-refractivity contribution in [3.63, 3.8) is 0 Å². The van der Waals surface area contributed by atoms with Crippen LogP contribution < -0.4 is 0 Å². The number of hydrogen-bond donors (Lipinski definition) is 1. The van der Waals surface area contributed by atoms with Gasteiger partial charge in [0.15, 0.2) is 0 Å². The highest BCUT2D eigenvalue weighted by Crippen LogP contribution is 2.34. The molecule has 1 saturated heterocycles. The van der Waals surface area contributed by atoms with Gasteiger partial charge in [0, 0.05) is 37.3 Å². The summed E-state index contributed by atoms with van der Waals surface area (Å²) >= 11 is 0. The van der Waals surface area contributed by atoms with E-state index in [1.165, 1.54) is 4.31 Å². The molecule has 0 spiro atoms. The molecular weight excluding hydrogens is 316 g/mol. The van der Waals surface area contributed by atoms with Crippen molar-refractivity contribution >= 4 is 20.9 Å². The Labute approximate surface area is 136 Å². The lowest BCUT2D eigenvalue weighted by Crippen LogP contribution is -2.38. The van der Waals surface area contributed by atoms with Crippen molar-refractivity contribution < 1.29 is 18.3 Å². The molecule has 6 nitrogen and oxygen atoms in total. The van der Waals surface area contributed by atoms with Gasteiger partial charge in [-0.1, -0.05) is 18.2 Å². The number of aryl methyl sites for hydroxylation is 1. The number of nitrogens with zero attached hydrogens (tertiary/aromatic N) is 2. The highest BCUT2D eigenvalue weighted by Gasteiger charge is 2.41. The van der Waals surface area contributed by atoms with Gasteiger partial charge in [-0.3, -0.25) is 0 Å². The summed E-state index contributed by atoms with van der Waals surface area (Å²) in [7, 11) is -0.276. The minimum Gasteiger partial charge on any atom is -0.395 e. The van der Waals surface area contributed by atoms with Crippen LogP contribution in [0.15, 0.2) is 29.2 Å². The van der Waals surface area contributed by atoms with E-state index >= 15 is 0 Å². The van der Waals surface area contributed by atoms with Gasteiger partial charge in [0.05, 0.1) is 18.8 Å². The van der Waals surface area contributed by atoms with E-state index in [0.29, 0.717) is 22.4 Å². The van der Waals surface area contributed by atoms with Gasteiger partial charge in [-0.05, 0) is 19.4 Å². The third-order valence-corrected chi connectivity index (χ3v) is 6.87. The molecule has 1 aliphatic rings. The highest BCUT2D eigenvalue weighted by atomic mass is 32.2. The number of aliphatic hydroxyl groups is 1. The maximum Gasteiger partial charge on any atom is 0.245 e. The number of aliphatic hydroxyl groups excluding tert-OH is 1. The number of para-hydroxylation sites is 1. The van der Waals surface area contributed by atoms with Crippen LogP contribution in [0.5, 0.6) is 0 Å². The first-order valence-electron chi connectivity index (χ1n) is 7.61. The number of aromatic nitrogens is 1. The molecule has 0 unspecified atom stereocenters. The molecule has 1 aromatic heterocycles. The van der Waals surface area contributed by atoms with Crippen LogP contribution in [0, 0.1) is 6.92 Å². The Morgan fingerprint density at radius 3 is 2.70 bits per heavy atom. The van der Waals surface area contributed by atoms with Gasteiger partial charge in [0.25, 0.3) is 0 Å². The molecule has 2 aromatic rings. The number of hydrogen-bond acceptors (Lipinski definition) is 4. The van der Waals surface area contributed by atoms with Crippen molar-refractivity contribution in [1.29, 1.82) is 0 Å². The fraction of sp³-hybridized carbons (Fsp3) is 0.500. The van der Waals surface area contributed by atoms with Crippen LogP contribution in [0.25, 0.3) is 10.9 Å². The van der Waals surface area contributed by atoms with Gasteiger partial charge < -0.3 is 14.4 Å². The van der Waals surface area contributed by atoms with Crippen molar-refractivity contribution in [3.8, 4) is 0 Å². The van der Waals surface area contributed by atoms with E-state index in [9.17, 15) is 13.5 Å². The average Bonchev–Trinajstić information content (AvgIpc) is 3.08. The summed E-state index contributed by atoms with van der Waals surface area (Å²) in [5.74, 6) is 0. The lowest BCUT2D eigenvalue weighted by molar-refractivity contribution is 0.113. The van der Waals surface area contributed by atoms with E-state index in [1.54, 1.807) is 7.11 Å². The minimum atomic E-state index is -3.71. The van der Waals surface area contributed by atoms with E-state index in [2.05, 4.69) is 0 Å². The van der Waals surface area contributed by atoms with E-state index in [4.69, 9.17) is 4.74 Å². The van der Waals surface area contributed by atoms with Gasteiger partial charge in [-0.25, -0.2) is 8.42 Å². The first kappa shape index (κ1) is 16.4. The molecule has 23 heavy (non-hydrogen) atoms. The molecule has 0 bridgehead atoms. The second-order valence-electron chi connectivity index (χ2n) is 6.00. The Morgan fingerprint density at radius 2 is 2.04 bits per heavy atom. The Balaban J connectivity index is 2.16. The van der Waals surface area contributed by atoms with Crippen molar-refractivity contribution in [2.24, 2.45) is 7.05 Å². The number of rotatable bonds is 4. The van der Waals surface area contributed by atoms with Crippen molar-refractivity contribution in [2.45, 2.75) is 30.4 Å². The molecular formula is C16H22N2O4S. The monoisotopic (exact) mass is 338 g/mol. The standard InChI is InChI=1S/C16H22N2O4S/c1-11-16(14-6-4-5-7-15(14)17(11)2)23(20,21)18-9-13(22-3)8-12(18)10-19/h4-7,12-13,19H,8-10H2,1-3H3/t12-,13-/m0/s1. The van der Waals surface area contributed by atoms with Crippen LogP contribution in [0.1, 0.15) is 12.1 Å². The number of benzene rings is 1. The lowest BCUT2D eigenvalue weighted by Gasteiger charge is -2.22. The first-order chi connectivity index (χ1) is 10.9. The maximum atomic E-state index is 13.3. The number of methoxy groups -OCH3 is 1. The SMILES string of the molecule is CO[C@H]1C[C@@H](CO)N(S(=O)(=O)c2c(C)n(C)c3ccccc23)C1. The molecule has 1 aliphatic heterocycles. The third kappa shape index (κ3) is 2.48. The predicted molar refractivity (Wildman–Crippen MR) is 87.8 cm³/mol. The molecule has 0 radical (unpaired) electrons. The Hall–Kier alpha value is -1.41. The van der Waals surface area contributed by atoms with E-state index in [0.717, 1.165) is 5.52 Å². The second-order valence-corrected chi connectivity index (χ2v) is 7.82. The molecule has 3 rings (SSSR count). The fourth-order valence-corrected chi connectivity index (χ4v) is 5.51. The fourth-order valence-electron chi connectivity index (χ4n) is 3.40. The Morgan fingerprint density at radius 1 is 1.35 bits per heavy atom. The highest BCUT2D eigenvalue weighted by molar-refractivity contribution is 7.89. The third-order valence-electron chi connectivity index (χ3n) is 4.78. The summed E-state index contributed by atoms with van der Waals surface area (Å²) in [6.45, 7) is 1.88. The summed E-state index contributed by atoms with van der Waals surface area (Å²) in [4.78, 5) is 0.325. The van der Waals surface area contributed by atoms with E-state index < -0.39 is 16.1 Å². The molecule has 0 amide bonds. The second kappa shape index (κ2) is 5.90. The molecule has 1 aromatic carbocycles. The summed E-state index contributed by atoms with van der Waals surface area (Å²) in [6, 6.07) is 7.03. The van der Waals surface area contributed by atoms with Gasteiger partial charge in [-0.2, -0.15) is 4.31 Å².